The summed E-state index contributed by atoms with van der Waals surface area (Å²) in [6, 6.07) is -0.807. The van der Waals surface area contributed by atoms with Gasteiger partial charge in [-0.15, -0.1) is 0 Å². The van der Waals surface area contributed by atoms with Crippen LogP contribution >= 0.6 is 0 Å². The van der Waals surface area contributed by atoms with Crippen LogP contribution in [0.2, 0.25) is 0 Å². The maximum atomic E-state index is 11.9. The van der Waals surface area contributed by atoms with E-state index in [-0.39, 0.29) is 10.9 Å². The molecule has 0 saturated heterocycles. The Kier molecular flexibility index (Phi) is 4.85. The Labute approximate surface area is 107 Å². The third-order valence-corrected chi connectivity index (χ3v) is 4.01. The van der Waals surface area contributed by atoms with Crippen LogP contribution in [-0.2, 0) is 14.8 Å². The molecule has 0 aliphatic carbocycles. The van der Waals surface area contributed by atoms with E-state index in [1.54, 1.807) is 4.90 Å². The van der Waals surface area contributed by atoms with Crippen LogP contribution in [0.3, 0.4) is 0 Å². The minimum atomic E-state index is -3.73. The number of nitrogens with zero attached hydrogens (tertiary/aromatic N) is 2. The second-order valence-electron chi connectivity index (χ2n) is 3.77. The first kappa shape index (κ1) is 14.7. The number of likely N-dealkylation sites (N-methyl/N-ethyl adjacent to an activating group) is 1. The Bertz CT molecular complexity index is 479. The SMILES string of the molecule is CCN(CC)C(=O)C(C)NS(=O)(=O)c1cnc[nH]1. The fourth-order valence-corrected chi connectivity index (χ4v) is 2.65. The highest BCUT2D eigenvalue weighted by Gasteiger charge is 2.25. The molecule has 1 atom stereocenters. The average Bonchev–Trinajstić information content (AvgIpc) is 2.84. The topological polar surface area (TPSA) is 95.2 Å². The van der Waals surface area contributed by atoms with Gasteiger partial charge in [-0.2, -0.15) is 4.72 Å². The number of carbonyl (C=O) groups is 1. The zero-order valence-electron chi connectivity index (χ0n) is 10.7. The molecule has 102 valence electrons. The zero-order chi connectivity index (χ0) is 13.8. The number of rotatable bonds is 6. The van der Waals surface area contributed by atoms with Gasteiger partial charge in [0, 0.05) is 13.1 Å². The van der Waals surface area contributed by atoms with E-state index in [0.717, 1.165) is 0 Å². The second-order valence-corrected chi connectivity index (χ2v) is 5.45. The average molecular weight is 274 g/mol. The van der Waals surface area contributed by atoms with Gasteiger partial charge in [-0.25, -0.2) is 13.4 Å². The van der Waals surface area contributed by atoms with E-state index in [2.05, 4.69) is 14.7 Å². The number of H-pyrrole nitrogens is 1. The van der Waals surface area contributed by atoms with Crippen LogP contribution in [0.4, 0.5) is 0 Å². The first-order valence-corrected chi connectivity index (χ1v) is 7.20. The Hall–Kier alpha value is -1.41. The van der Waals surface area contributed by atoms with Gasteiger partial charge in [-0.1, -0.05) is 0 Å². The molecule has 0 bridgehead atoms. The molecule has 1 aromatic heterocycles. The summed E-state index contributed by atoms with van der Waals surface area (Å²) in [5, 5.41) is -0.0540. The standard InChI is InChI=1S/C10H18N4O3S/c1-4-14(5-2)10(15)8(3)13-18(16,17)9-6-11-7-12-9/h6-8,13H,4-5H2,1-3H3,(H,11,12). The van der Waals surface area contributed by atoms with Gasteiger partial charge in [0.15, 0.2) is 5.03 Å². The monoisotopic (exact) mass is 274 g/mol. The highest BCUT2D eigenvalue weighted by atomic mass is 32.2. The molecule has 1 rings (SSSR count). The van der Waals surface area contributed by atoms with Crippen LogP contribution in [0, 0.1) is 0 Å². The Morgan fingerprint density at radius 3 is 2.56 bits per heavy atom. The quantitative estimate of drug-likeness (QED) is 0.760. The molecule has 2 N–H and O–H groups in total. The van der Waals surface area contributed by atoms with E-state index in [0.29, 0.717) is 13.1 Å². The van der Waals surface area contributed by atoms with Gasteiger partial charge in [-0.05, 0) is 20.8 Å². The lowest BCUT2D eigenvalue weighted by Crippen LogP contribution is -2.46. The molecule has 7 nitrogen and oxygen atoms in total. The summed E-state index contributed by atoms with van der Waals surface area (Å²) in [5.74, 6) is -0.247. The Morgan fingerprint density at radius 1 is 1.50 bits per heavy atom. The maximum Gasteiger partial charge on any atom is 0.258 e. The van der Waals surface area contributed by atoms with Gasteiger partial charge in [0.1, 0.15) is 0 Å². The first-order chi connectivity index (χ1) is 8.42. The van der Waals surface area contributed by atoms with Crippen LogP contribution in [0.1, 0.15) is 20.8 Å². The largest absolute Gasteiger partial charge is 0.342 e. The number of hydrogen-bond acceptors (Lipinski definition) is 4. The number of aromatic amines is 1. The van der Waals surface area contributed by atoms with Gasteiger partial charge < -0.3 is 9.88 Å². The molecule has 0 aromatic carbocycles. The zero-order valence-corrected chi connectivity index (χ0v) is 11.5. The van der Waals surface area contributed by atoms with Crippen molar-refractivity contribution in [2.45, 2.75) is 31.8 Å². The van der Waals surface area contributed by atoms with E-state index >= 15 is 0 Å². The predicted octanol–water partition coefficient (Wildman–Crippen LogP) is -0.0551. The fourth-order valence-electron chi connectivity index (χ4n) is 1.55. The molecule has 0 fully saturated rings. The van der Waals surface area contributed by atoms with Crippen molar-refractivity contribution in [3.05, 3.63) is 12.5 Å². The van der Waals surface area contributed by atoms with E-state index in [9.17, 15) is 13.2 Å². The smallest absolute Gasteiger partial charge is 0.258 e. The van der Waals surface area contributed by atoms with Crippen LogP contribution < -0.4 is 4.72 Å². The van der Waals surface area contributed by atoms with Crippen LogP contribution in [0.15, 0.2) is 17.6 Å². The normalized spacial score (nSPS) is 13.3. The number of hydrogen-bond donors (Lipinski definition) is 2. The molecule has 1 aromatic rings. The van der Waals surface area contributed by atoms with Crippen molar-refractivity contribution in [3.8, 4) is 0 Å². The lowest BCUT2D eigenvalue weighted by Gasteiger charge is -2.23. The molecule has 0 aliphatic rings. The van der Waals surface area contributed by atoms with E-state index in [1.165, 1.54) is 19.4 Å². The van der Waals surface area contributed by atoms with Crippen molar-refractivity contribution >= 4 is 15.9 Å². The van der Waals surface area contributed by atoms with Gasteiger partial charge in [0.05, 0.1) is 18.6 Å². The number of imidazole rings is 1. The maximum absolute atomic E-state index is 11.9. The highest BCUT2D eigenvalue weighted by Crippen LogP contribution is 2.04. The molecule has 0 radical (unpaired) electrons. The van der Waals surface area contributed by atoms with Crippen LogP contribution in [0.5, 0.6) is 0 Å². The predicted molar refractivity (Wildman–Crippen MR) is 66.3 cm³/mol. The van der Waals surface area contributed by atoms with Crippen molar-refractivity contribution in [2.75, 3.05) is 13.1 Å². The molecule has 0 spiro atoms. The lowest BCUT2D eigenvalue weighted by atomic mass is 10.3. The lowest BCUT2D eigenvalue weighted by molar-refractivity contribution is -0.132. The number of carbonyl (C=O) groups excluding carboxylic acids is 1. The minimum Gasteiger partial charge on any atom is -0.342 e. The molecule has 1 amide bonds. The third-order valence-electron chi connectivity index (χ3n) is 2.54. The van der Waals surface area contributed by atoms with Gasteiger partial charge in [0.2, 0.25) is 5.91 Å². The summed E-state index contributed by atoms with van der Waals surface area (Å²) in [6.45, 7) is 6.31. The molecule has 0 aliphatic heterocycles. The molecular formula is C10H18N4O3S. The third kappa shape index (κ3) is 3.30. The highest BCUT2D eigenvalue weighted by molar-refractivity contribution is 7.89. The number of nitrogens with one attached hydrogen (secondary N) is 2. The number of amides is 1. The van der Waals surface area contributed by atoms with Gasteiger partial charge in [0.25, 0.3) is 10.0 Å². The summed E-state index contributed by atoms with van der Waals surface area (Å²) in [6.07, 6.45) is 2.46. The van der Waals surface area contributed by atoms with E-state index in [4.69, 9.17) is 0 Å². The molecule has 1 unspecified atom stereocenters. The second kappa shape index (κ2) is 5.96. The summed E-state index contributed by atoms with van der Waals surface area (Å²) >= 11 is 0. The molecule has 0 saturated carbocycles. The molecule has 1 heterocycles. The summed E-state index contributed by atoms with van der Waals surface area (Å²) in [7, 11) is -3.73. The van der Waals surface area contributed by atoms with Crippen molar-refractivity contribution in [2.24, 2.45) is 0 Å². The van der Waals surface area contributed by atoms with Gasteiger partial charge in [-0.3, -0.25) is 4.79 Å². The first-order valence-electron chi connectivity index (χ1n) is 5.71. The van der Waals surface area contributed by atoms with E-state index < -0.39 is 16.1 Å². The summed E-state index contributed by atoms with van der Waals surface area (Å²) < 4.78 is 26.0. The molecule has 8 heteroatoms. The number of aromatic nitrogens is 2. The van der Waals surface area contributed by atoms with Crippen molar-refractivity contribution in [1.29, 1.82) is 0 Å². The fraction of sp³-hybridized carbons (Fsp3) is 0.600. The Morgan fingerprint density at radius 2 is 2.11 bits per heavy atom. The minimum absolute atomic E-state index is 0.0540. The molecule has 18 heavy (non-hydrogen) atoms. The van der Waals surface area contributed by atoms with Crippen LogP contribution in [-0.4, -0.2) is 48.3 Å². The number of sulfonamides is 1. The van der Waals surface area contributed by atoms with Crippen molar-refractivity contribution < 1.29 is 13.2 Å². The summed E-state index contributed by atoms with van der Waals surface area (Å²) in [4.78, 5) is 19.6. The molecular weight excluding hydrogens is 256 g/mol. The Balaban J connectivity index is 2.76. The summed E-state index contributed by atoms with van der Waals surface area (Å²) in [5.41, 5.74) is 0. The van der Waals surface area contributed by atoms with Crippen molar-refractivity contribution in [1.82, 2.24) is 19.6 Å². The van der Waals surface area contributed by atoms with E-state index in [1.807, 2.05) is 13.8 Å². The van der Waals surface area contributed by atoms with Crippen LogP contribution in [0.25, 0.3) is 0 Å². The van der Waals surface area contributed by atoms with Crippen molar-refractivity contribution in [3.63, 3.8) is 0 Å². The van der Waals surface area contributed by atoms with Gasteiger partial charge >= 0.3 is 0 Å².